The lowest BCUT2D eigenvalue weighted by molar-refractivity contribution is -0.142. The number of nitrogens with two attached hydrogens (primary N) is 1. The second-order valence-electron chi connectivity index (χ2n) is 4.42. The van der Waals surface area contributed by atoms with Gasteiger partial charge >= 0.3 is 5.97 Å². The number of rotatable bonds is 6. The van der Waals surface area contributed by atoms with E-state index in [0.717, 1.165) is 0 Å². The predicted octanol–water partition coefficient (Wildman–Crippen LogP) is -0.136. The molecule has 0 spiro atoms. The molecule has 100 valence electrons. The summed E-state index contributed by atoms with van der Waals surface area (Å²) in [5, 5.41) is 17.4. The van der Waals surface area contributed by atoms with Crippen LogP contribution in [0.25, 0.3) is 0 Å². The molecule has 0 fully saturated rings. The van der Waals surface area contributed by atoms with Gasteiger partial charge in [0.2, 0.25) is 11.8 Å². The maximum Gasteiger partial charge on any atom is 0.308 e. The molecule has 1 heterocycles. The number of nitrogens with one attached hydrogen (secondary N) is 2. The molecule has 1 amide bonds. The molecule has 0 saturated carbocycles. The molecule has 1 aromatic heterocycles. The van der Waals surface area contributed by atoms with Crippen LogP contribution in [-0.2, 0) is 4.79 Å². The number of nitrogen functional groups attached to an aromatic ring is 1. The van der Waals surface area contributed by atoms with E-state index in [2.05, 4.69) is 20.5 Å². The smallest absolute Gasteiger partial charge is 0.308 e. The van der Waals surface area contributed by atoms with Gasteiger partial charge in [-0.15, -0.1) is 5.10 Å². The number of hydrogen-bond acceptors (Lipinski definition) is 5. The van der Waals surface area contributed by atoms with E-state index in [9.17, 15) is 9.59 Å². The van der Waals surface area contributed by atoms with Crippen LogP contribution in [0.15, 0.2) is 0 Å². The fourth-order valence-electron chi connectivity index (χ4n) is 1.52. The summed E-state index contributed by atoms with van der Waals surface area (Å²) in [5.41, 5.74) is 5.26. The first-order valence-corrected chi connectivity index (χ1v) is 5.59. The average Bonchev–Trinajstić information content (AvgIpc) is 2.69. The van der Waals surface area contributed by atoms with Crippen molar-refractivity contribution in [2.75, 3.05) is 12.3 Å². The summed E-state index contributed by atoms with van der Waals surface area (Å²) >= 11 is 0. The van der Waals surface area contributed by atoms with Crippen LogP contribution in [0.2, 0.25) is 0 Å². The van der Waals surface area contributed by atoms with Crippen molar-refractivity contribution in [3.05, 3.63) is 5.82 Å². The minimum Gasteiger partial charge on any atom is -0.481 e. The summed E-state index contributed by atoms with van der Waals surface area (Å²) < 4.78 is 0. The third kappa shape index (κ3) is 4.04. The Bertz CT molecular complexity index is 429. The van der Waals surface area contributed by atoms with Crippen LogP contribution in [0.1, 0.15) is 30.9 Å². The highest BCUT2D eigenvalue weighted by Crippen LogP contribution is 2.11. The van der Waals surface area contributed by atoms with E-state index >= 15 is 0 Å². The van der Waals surface area contributed by atoms with Gasteiger partial charge < -0.3 is 16.2 Å². The lowest BCUT2D eigenvalue weighted by Crippen LogP contribution is -2.34. The SMILES string of the molecule is CC(C)CC(CNC(=O)c1nc(N)n[nH]1)C(=O)O. The fourth-order valence-corrected chi connectivity index (χ4v) is 1.52. The molecule has 0 aliphatic rings. The highest BCUT2D eigenvalue weighted by atomic mass is 16.4. The number of aliphatic carboxylic acids is 1. The molecule has 0 aliphatic carbocycles. The van der Waals surface area contributed by atoms with Crippen molar-refractivity contribution in [1.29, 1.82) is 0 Å². The van der Waals surface area contributed by atoms with E-state index in [-0.39, 0.29) is 24.2 Å². The molecular formula is C10H17N5O3. The van der Waals surface area contributed by atoms with Crippen LogP contribution < -0.4 is 11.1 Å². The van der Waals surface area contributed by atoms with Crippen LogP contribution in [0.3, 0.4) is 0 Å². The van der Waals surface area contributed by atoms with Crippen molar-refractivity contribution in [2.24, 2.45) is 11.8 Å². The van der Waals surface area contributed by atoms with E-state index in [0.29, 0.717) is 6.42 Å². The Kier molecular flexibility index (Phi) is 4.64. The quantitative estimate of drug-likeness (QED) is 0.559. The molecule has 0 bridgehead atoms. The molecular weight excluding hydrogens is 238 g/mol. The number of carboxylic acid groups (broad SMARTS) is 1. The number of aromatic amines is 1. The van der Waals surface area contributed by atoms with E-state index in [1.54, 1.807) is 0 Å². The van der Waals surface area contributed by atoms with Crippen molar-refractivity contribution in [1.82, 2.24) is 20.5 Å². The zero-order chi connectivity index (χ0) is 13.7. The van der Waals surface area contributed by atoms with Gasteiger partial charge in [0.1, 0.15) is 0 Å². The molecule has 0 aromatic carbocycles. The minimum atomic E-state index is -0.930. The van der Waals surface area contributed by atoms with Crippen molar-refractivity contribution < 1.29 is 14.7 Å². The predicted molar refractivity (Wildman–Crippen MR) is 63.7 cm³/mol. The zero-order valence-electron chi connectivity index (χ0n) is 10.3. The second-order valence-corrected chi connectivity index (χ2v) is 4.42. The summed E-state index contributed by atoms with van der Waals surface area (Å²) in [5.74, 6) is -1.88. The Morgan fingerprint density at radius 2 is 2.17 bits per heavy atom. The minimum absolute atomic E-state index is 0.0267. The molecule has 8 heteroatoms. The first kappa shape index (κ1) is 13.9. The molecule has 1 aromatic rings. The Hall–Kier alpha value is -2.12. The van der Waals surface area contributed by atoms with Gasteiger partial charge in [-0.2, -0.15) is 4.98 Å². The molecule has 1 unspecified atom stereocenters. The number of H-pyrrole nitrogens is 1. The average molecular weight is 255 g/mol. The molecule has 18 heavy (non-hydrogen) atoms. The van der Waals surface area contributed by atoms with Crippen molar-refractivity contribution in [3.8, 4) is 0 Å². The summed E-state index contributed by atoms with van der Waals surface area (Å²) in [4.78, 5) is 26.2. The second kappa shape index (κ2) is 5.99. The summed E-state index contributed by atoms with van der Waals surface area (Å²) in [7, 11) is 0. The Balaban J connectivity index is 2.52. The van der Waals surface area contributed by atoms with Crippen LogP contribution >= 0.6 is 0 Å². The molecule has 5 N–H and O–H groups in total. The zero-order valence-corrected chi connectivity index (χ0v) is 10.3. The van der Waals surface area contributed by atoms with Gasteiger partial charge in [-0.1, -0.05) is 13.8 Å². The van der Waals surface area contributed by atoms with E-state index in [1.807, 2.05) is 13.8 Å². The lowest BCUT2D eigenvalue weighted by atomic mass is 9.97. The fraction of sp³-hybridized carbons (Fsp3) is 0.600. The lowest BCUT2D eigenvalue weighted by Gasteiger charge is -2.14. The van der Waals surface area contributed by atoms with Crippen molar-refractivity contribution in [2.45, 2.75) is 20.3 Å². The number of aromatic nitrogens is 3. The van der Waals surface area contributed by atoms with Crippen LogP contribution in [-0.4, -0.2) is 38.7 Å². The van der Waals surface area contributed by atoms with Gasteiger partial charge in [-0.05, 0) is 12.3 Å². The Morgan fingerprint density at radius 1 is 1.50 bits per heavy atom. The Labute approximate surface area is 104 Å². The Morgan fingerprint density at radius 3 is 2.61 bits per heavy atom. The number of amides is 1. The van der Waals surface area contributed by atoms with Gasteiger partial charge in [0.25, 0.3) is 5.91 Å². The van der Waals surface area contributed by atoms with E-state index < -0.39 is 17.8 Å². The van der Waals surface area contributed by atoms with Crippen LogP contribution in [0.4, 0.5) is 5.95 Å². The first-order chi connectivity index (χ1) is 8.40. The van der Waals surface area contributed by atoms with Gasteiger partial charge in [-0.25, -0.2) is 0 Å². The van der Waals surface area contributed by atoms with Crippen LogP contribution in [0, 0.1) is 11.8 Å². The molecule has 8 nitrogen and oxygen atoms in total. The molecule has 0 radical (unpaired) electrons. The highest BCUT2D eigenvalue weighted by molar-refractivity contribution is 5.90. The maximum atomic E-state index is 11.6. The topological polar surface area (TPSA) is 134 Å². The van der Waals surface area contributed by atoms with Crippen molar-refractivity contribution in [3.63, 3.8) is 0 Å². The maximum absolute atomic E-state index is 11.6. The number of hydrogen-bond donors (Lipinski definition) is 4. The van der Waals surface area contributed by atoms with Crippen LogP contribution in [0.5, 0.6) is 0 Å². The first-order valence-electron chi connectivity index (χ1n) is 5.59. The third-order valence-electron chi connectivity index (χ3n) is 2.33. The number of carbonyl (C=O) groups excluding carboxylic acids is 1. The molecule has 0 aliphatic heterocycles. The van der Waals surface area contributed by atoms with E-state index in [1.165, 1.54) is 0 Å². The largest absolute Gasteiger partial charge is 0.481 e. The van der Waals surface area contributed by atoms with E-state index in [4.69, 9.17) is 10.8 Å². The number of carbonyl (C=O) groups is 2. The molecule has 1 rings (SSSR count). The summed E-state index contributed by atoms with van der Waals surface area (Å²) in [6, 6.07) is 0. The van der Waals surface area contributed by atoms with Gasteiger partial charge in [0.05, 0.1) is 5.92 Å². The summed E-state index contributed by atoms with van der Waals surface area (Å²) in [6.45, 7) is 3.90. The molecule has 0 saturated heterocycles. The number of anilines is 1. The van der Waals surface area contributed by atoms with Gasteiger partial charge in [-0.3, -0.25) is 14.7 Å². The molecule has 1 atom stereocenters. The van der Waals surface area contributed by atoms with Crippen molar-refractivity contribution >= 4 is 17.8 Å². The van der Waals surface area contributed by atoms with Gasteiger partial charge in [0, 0.05) is 6.54 Å². The number of nitrogens with zero attached hydrogens (tertiary/aromatic N) is 2. The normalized spacial score (nSPS) is 12.4. The third-order valence-corrected chi connectivity index (χ3v) is 2.33. The standard InChI is InChI=1S/C10H17N5O3/c1-5(2)3-6(9(17)18)4-12-8(16)7-13-10(11)15-14-7/h5-6H,3-4H2,1-2H3,(H,12,16)(H,17,18)(H3,11,13,14,15). The summed E-state index contributed by atoms with van der Waals surface area (Å²) in [6.07, 6.45) is 0.494. The highest BCUT2D eigenvalue weighted by Gasteiger charge is 2.20. The number of carboxylic acids is 1. The monoisotopic (exact) mass is 255 g/mol. The van der Waals surface area contributed by atoms with Gasteiger partial charge in [0.15, 0.2) is 0 Å².